The summed E-state index contributed by atoms with van der Waals surface area (Å²) in [6.45, 7) is 0. The Balaban J connectivity index is 1.81. The molecule has 1 saturated carbocycles. The van der Waals surface area contributed by atoms with E-state index in [9.17, 15) is 9.59 Å². The van der Waals surface area contributed by atoms with Crippen LogP contribution in [0.25, 0.3) is 0 Å². The second-order valence-electron chi connectivity index (χ2n) is 5.58. The molecule has 0 saturated heterocycles. The highest BCUT2D eigenvalue weighted by Crippen LogP contribution is 2.23. The molecular weight excluding hydrogens is 441 g/mol. The first-order chi connectivity index (χ1) is 11.5. The van der Waals surface area contributed by atoms with Crippen molar-refractivity contribution in [1.29, 1.82) is 0 Å². The van der Waals surface area contributed by atoms with E-state index in [0.29, 0.717) is 11.3 Å². The molecule has 6 nitrogen and oxygen atoms in total. The molecule has 1 aliphatic carbocycles. The Hall–Kier alpha value is -1.42. The molecule has 1 fully saturated rings. The van der Waals surface area contributed by atoms with Gasteiger partial charge in [-0.2, -0.15) is 0 Å². The predicted octanol–water partition coefficient (Wildman–Crippen LogP) is 2.52. The van der Waals surface area contributed by atoms with Gasteiger partial charge in [-0.3, -0.25) is 20.4 Å². The summed E-state index contributed by atoms with van der Waals surface area (Å²) in [5.41, 5.74) is 5.51. The number of rotatable bonds is 3. The number of benzene rings is 1. The van der Waals surface area contributed by atoms with Gasteiger partial charge >= 0.3 is 0 Å². The summed E-state index contributed by atoms with van der Waals surface area (Å²) < 4.78 is 5.99. The van der Waals surface area contributed by atoms with E-state index in [1.165, 1.54) is 6.42 Å². The van der Waals surface area contributed by atoms with E-state index >= 15 is 0 Å². The molecular formula is C16H20IN3O3S. The number of ether oxygens (including phenoxy) is 1. The molecule has 0 atom stereocenters. The van der Waals surface area contributed by atoms with E-state index in [0.717, 1.165) is 29.3 Å². The summed E-state index contributed by atoms with van der Waals surface area (Å²) in [5, 5.41) is 2.73. The quantitative estimate of drug-likeness (QED) is 0.367. The lowest BCUT2D eigenvalue weighted by molar-refractivity contribution is -0.124. The third kappa shape index (κ3) is 5.30. The second-order valence-corrected chi connectivity index (χ2v) is 7.15. The van der Waals surface area contributed by atoms with Crippen molar-refractivity contribution in [3.8, 4) is 5.75 Å². The van der Waals surface area contributed by atoms with Crippen molar-refractivity contribution in [3.63, 3.8) is 0 Å². The minimum atomic E-state index is -0.343. The highest BCUT2D eigenvalue weighted by Gasteiger charge is 2.21. The van der Waals surface area contributed by atoms with Gasteiger partial charge in [-0.1, -0.05) is 19.3 Å². The van der Waals surface area contributed by atoms with E-state index in [-0.39, 0.29) is 22.8 Å². The van der Waals surface area contributed by atoms with E-state index in [4.69, 9.17) is 17.0 Å². The van der Waals surface area contributed by atoms with Crippen LogP contribution in [0, 0.1) is 9.49 Å². The van der Waals surface area contributed by atoms with Crippen LogP contribution >= 0.6 is 34.8 Å². The maximum absolute atomic E-state index is 12.1. The van der Waals surface area contributed by atoms with Gasteiger partial charge in [0.15, 0.2) is 5.11 Å². The molecule has 2 rings (SSSR count). The Bertz CT molecular complexity index is 633. The zero-order chi connectivity index (χ0) is 17.5. The zero-order valence-electron chi connectivity index (χ0n) is 13.4. The topological polar surface area (TPSA) is 79.5 Å². The average molecular weight is 461 g/mol. The molecule has 0 aromatic heterocycles. The fraction of sp³-hybridized carbons (Fsp3) is 0.438. The molecule has 3 N–H and O–H groups in total. The van der Waals surface area contributed by atoms with Crippen molar-refractivity contribution < 1.29 is 14.3 Å². The number of amides is 2. The molecule has 2 amide bonds. The smallest absolute Gasteiger partial charge is 0.269 e. The summed E-state index contributed by atoms with van der Waals surface area (Å²) >= 11 is 7.15. The number of methoxy groups -OCH3 is 1. The van der Waals surface area contributed by atoms with Gasteiger partial charge in [0, 0.05) is 11.5 Å². The van der Waals surface area contributed by atoms with E-state index in [1.807, 2.05) is 0 Å². The number of nitrogens with one attached hydrogen (secondary N) is 3. The van der Waals surface area contributed by atoms with Crippen LogP contribution in [0.15, 0.2) is 18.2 Å². The van der Waals surface area contributed by atoms with Crippen LogP contribution in [0.5, 0.6) is 5.75 Å². The fourth-order valence-electron chi connectivity index (χ4n) is 2.60. The minimum Gasteiger partial charge on any atom is -0.496 e. The Morgan fingerprint density at radius 1 is 1.21 bits per heavy atom. The van der Waals surface area contributed by atoms with Crippen molar-refractivity contribution in [2.45, 2.75) is 32.1 Å². The standard InChI is InChI=1S/C16H20IN3O3S/c1-23-13-8-7-11(9-12(13)17)15(22)19-20-16(24)18-14(21)10-5-3-2-4-6-10/h7-10H,2-6H2,1H3,(H,19,22)(H2,18,20,21,24). The molecule has 1 aromatic rings. The molecule has 0 heterocycles. The molecule has 1 aliphatic rings. The summed E-state index contributed by atoms with van der Waals surface area (Å²) in [5.74, 6) is 0.290. The van der Waals surface area contributed by atoms with Crippen molar-refractivity contribution in [2.24, 2.45) is 5.92 Å². The van der Waals surface area contributed by atoms with Crippen molar-refractivity contribution in [1.82, 2.24) is 16.2 Å². The van der Waals surface area contributed by atoms with Gasteiger partial charge in [-0.15, -0.1) is 0 Å². The van der Waals surface area contributed by atoms with Crippen molar-refractivity contribution >= 4 is 51.7 Å². The van der Waals surface area contributed by atoms with Crippen LogP contribution in [0.1, 0.15) is 42.5 Å². The van der Waals surface area contributed by atoms with Gasteiger partial charge in [0.25, 0.3) is 5.91 Å². The monoisotopic (exact) mass is 461 g/mol. The van der Waals surface area contributed by atoms with Gasteiger partial charge < -0.3 is 10.1 Å². The van der Waals surface area contributed by atoms with Crippen molar-refractivity contribution in [3.05, 3.63) is 27.3 Å². The van der Waals surface area contributed by atoms with Crippen molar-refractivity contribution in [2.75, 3.05) is 7.11 Å². The van der Waals surface area contributed by atoms with Crippen LogP contribution in [-0.2, 0) is 4.79 Å². The average Bonchev–Trinajstić information content (AvgIpc) is 2.60. The largest absolute Gasteiger partial charge is 0.496 e. The SMILES string of the molecule is COc1ccc(C(=O)NNC(=S)NC(=O)C2CCCCC2)cc1I. The van der Waals surface area contributed by atoms with E-state index in [1.54, 1.807) is 25.3 Å². The van der Waals surface area contributed by atoms with E-state index in [2.05, 4.69) is 38.8 Å². The first kappa shape index (κ1) is 18.9. The summed E-state index contributed by atoms with van der Waals surface area (Å²) in [7, 11) is 1.58. The highest BCUT2D eigenvalue weighted by atomic mass is 127. The number of thiocarbonyl (C=S) groups is 1. The predicted molar refractivity (Wildman–Crippen MR) is 104 cm³/mol. The molecule has 0 spiro atoms. The maximum Gasteiger partial charge on any atom is 0.269 e. The van der Waals surface area contributed by atoms with E-state index < -0.39 is 0 Å². The lowest BCUT2D eigenvalue weighted by atomic mass is 9.89. The summed E-state index contributed by atoms with van der Waals surface area (Å²) in [4.78, 5) is 24.2. The van der Waals surface area contributed by atoms with Crippen LogP contribution in [0.2, 0.25) is 0 Å². The number of hydrazine groups is 1. The Kier molecular flexibility index (Phi) is 7.22. The van der Waals surface area contributed by atoms with Crippen LogP contribution in [0.4, 0.5) is 0 Å². The van der Waals surface area contributed by atoms with Gasteiger partial charge in [0.1, 0.15) is 5.75 Å². The molecule has 0 unspecified atom stereocenters. The number of hydrogen-bond acceptors (Lipinski definition) is 4. The number of carbonyl (C=O) groups excluding carboxylic acids is 2. The number of halogens is 1. The second kappa shape index (κ2) is 9.16. The third-order valence-corrected chi connectivity index (χ3v) is 4.96. The lowest BCUT2D eigenvalue weighted by Gasteiger charge is -2.21. The van der Waals surface area contributed by atoms with Crippen LogP contribution in [-0.4, -0.2) is 24.0 Å². The normalized spacial score (nSPS) is 14.6. The first-order valence-electron chi connectivity index (χ1n) is 7.76. The Morgan fingerprint density at radius 3 is 2.54 bits per heavy atom. The Labute approximate surface area is 160 Å². The highest BCUT2D eigenvalue weighted by molar-refractivity contribution is 14.1. The summed E-state index contributed by atoms with van der Waals surface area (Å²) in [6, 6.07) is 5.08. The van der Waals surface area contributed by atoms with Gasteiger partial charge in [0.2, 0.25) is 5.91 Å². The summed E-state index contributed by atoms with van der Waals surface area (Å²) in [6.07, 6.45) is 5.12. The molecule has 130 valence electrons. The van der Waals surface area contributed by atoms with Crippen LogP contribution in [0.3, 0.4) is 0 Å². The van der Waals surface area contributed by atoms with Gasteiger partial charge in [0.05, 0.1) is 10.7 Å². The molecule has 24 heavy (non-hydrogen) atoms. The Morgan fingerprint density at radius 2 is 1.92 bits per heavy atom. The molecule has 0 bridgehead atoms. The van der Waals surface area contributed by atoms with Gasteiger partial charge in [-0.25, -0.2) is 0 Å². The lowest BCUT2D eigenvalue weighted by Crippen LogP contribution is -2.49. The number of carbonyl (C=O) groups is 2. The van der Waals surface area contributed by atoms with Crippen LogP contribution < -0.4 is 20.9 Å². The van der Waals surface area contributed by atoms with Gasteiger partial charge in [-0.05, 0) is 65.8 Å². The molecule has 8 heteroatoms. The maximum atomic E-state index is 12.1. The number of hydrogen-bond donors (Lipinski definition) is 3. The third-order valence-electron chi connectivity index (χ3n) is 3.92. The fourth-order valence-corrected chi connectivity index (χ4v) is 3.49. The zero-order valence-corrected chi connectivity index (χ0v) is 16.3. The first-order valence-corrected chi connectivity index (χ1v) is 9.24. The molecule has 0 radical (unpaired) electrons. The minimum absolute atomic E-state index is 0.0115. The molecule has 0 aliphatic heterocycles. The molecule has 1 aromatic carbocycles.